The maximum absolute atomic E-state index is 6.35. The van der Waals surface area contributed by atoms with Gasteiger partial charge in [0.2, 0.25) is 0 Å². The van der Waals surface area contributed by atoms with Crippen LogP contribution in [0.5, 0.6) is 0 Å². The van der Waals surface area contributed by atoms with Crippen molar-refractivity contribution in [3.05, 3.63) is 52.3 Å². The van der Waals surface area contributed by atoms with Crippen LogP contribution in [0.1, 0.15) is 50.6 Å². The molecule has 108 valence electrons. The predicted molar refractivity (Wildman–Crippen MR) is 84.1 cm³/mol. The third-order valence-electron chi connectivity index (χ3n) is 3.56. The van der Waals surface area contributed by atoms with Gasteiger partial charge in [-0.25, -0.2) is 0 Å². The second kappa shape index (κ2) is 5.58. The largest absolute Gasteiger partial charge is 0.319 e. The van der Waals surface area contributed by atoms with Gasteiger partial charge in [0.05, 0.1) is 23.0 Å². The molecule has 1 unspecified atom stereocenters. The molecule has 0 aliphatic carbocycles. The van der Waals surface area contributed by atoms with Gasteiger partial charge in [0.15, 0.2) is 0 Å². The van der Waals surface area contributed by atoms with Gasteiger partial charge >= 0.3 is 0 Å². The summed E-state index contributed by atoms with van der Waals surface area (Å²) >= 11 is 6.21. The number of hydrogen-bond acceptors (Lipinski definition) is 2. The van der Waals surface area contributed by atoms with Crippen molar-refractivity contribution in [2.75, 3.05) is 0 Å². The van der Waals surface area contributed by atoms with Crippen LogP contribution in [0.4, 0.5) is 0 Å². The fourth-order valence-electron chi connectivity index (χ4n) is 2.28. The highest BCUT2D eigenvalue weighted by Crippen LogP contribution is 2.28. The lowest BCUT2D eigenvalue weighted by atomic mass is 9.86. The Morgan fingerprint density at radius 3 is 2.35 bits per heavy atom. The molecular weight excluding hydrogens is 270 g/mol. The second-order valence-corrected chi connectivity index (χ2v) is 6.45. The zero-order valence-corrected chi connectivity index (χ0v) is 13.3. The van der Waals surface area contributed by atoms with Crippen molar-refractivity contribution in [1.29, 1.82) is 0 Å². The number of hydrogen-bond donors (Lipinski definition) is 1. The molecular formula is C16H22ClN3. The molecule has 0 amide bonds. The second-order valence-electron chi connectivity index (χ2n) is 6.04. The van der Waals surface area contributed by atoms with Gasteiger partial charge in [0.25, 0.3) is 0 Å². The quantitative estimate of drug-likeness (QED) is 0.932. The van der Waals surface area contributed by atoms with E-state index in [4.69, 9.17) is 17.3 Å². The molecule has 1 aromatic heterocycles. The normalized spacial score (nSPS) is 13.5. The molecule has 1 atom stereocenters. The molecule has 0 aliphatic rings. The van der Waals surface area contributed by atoms with Crippen LogP contribution in [0, 0.1) is 0 Å². The van der Waals surface area contributed by atoms with Gasteiger partial charge in [-0.3, -0.25) is 4.68 Å². The maximum atomic E-state index is 6.35. The monoisotopic (exact) mass is 291 g/mol. The van der Waals surface area contributed by atoms with Gasteiger partial charge in [0.1, 0.15) is 0 Å². The zero-order chi connectivity index (χ0) is 14.9. The molecule has 0 spiro atoms. The Morgan fingerprint density at radius 2 is 1.85 bits per heavy atom. The van der Waals surface area contributed by atoms with E-state index in [1.54, 1.807) is 6.20 Å². The number of halogens is 1. The van der Waals surface area contributed by atoms with Gasteiger partial charge in [-0.2, -0.15) is 5.10 Å². The molecule has 0 fully saturated rings. The summed E-state index contributed by atoms with van der Waals surface area (Å²) in [7, 11) is 0. The third kappa shape index (κ3) is 2.89. The Bertz CT molecular complexity index is 579. The van der Waals surface area contributed by atoms with E-state index < -0.39 is 0 Å². The first-order chi connectivity index (χ1) is 9.34. The molecule has 2 aromatic rings. The molecule has 1 aromatic carbocycles. The van der Waals surface area contributed by atoms with Crippen molar-refractivity contribution in [1.82, 2.24) is 9.78 Å². The summed E-state index contributed by atoms with van der Waals surface area (Å²) in [4.78, 5) is 0. The summed E-state index contributed by atoms with van der Waals surface area (Å²) < 4.78 is 1.85. The molecule has 0 aliphatic heterocycles. The van der Waals surface area contributed by atoms with E-state index in [-0.39, 0.29) is 11.5 Å². The van der Waals surface area contributed by atoms with Crippen molar-refractivity contribution >= 4 is 11.6 Å². The fourth-order valence-corrected chi connectivity index (χ4v) is 2.54. The highest BCUT2D eigenvalue weighted by molar-refractivity contribution is 6.31. The molecule has 0 saturated heterocycles. The Morgan fingerprint density at radius 1 is 1.25 bits per heavy atom. The average Bonchev–Trinajstić information content (AvgIpc) is 2.78. The van der Waals surface area contributed by atoms with Crippen LogP contribution in [0.25, 0.3) is 0 Å². The van der Waals surface area contributed by atoms with Crippen molar-refractivity contribution in [2.24, 2.45) is 5.73 Å². The number of aromatic nitrogens is 2. The molecule has 2 N–H and O–H groups in total. The smallest absolute Gasteiger partial charge is 0.0837 e. The van der Waals surface area contributed by atoms with Crippen molar-refractivity contribution < 1.29 is 0 Å². The minimum Gasteiger partial charge on any atom is -0.319 e. The van der Waals surface area contributed by atoms with E-state index in [1.165, 1.54) is 5.56 Å². The van der Waals surface area contributed by atoms with E-state index in [2.05, 4.69) is 50.1 Å². The van der Waals surface area contributed by atoms with Crippen molar-refractivity contribution in [3.8, 4) is 0 Å². The molecule has 1 heterocycles. The Kier molecular flexibility index (Phi) is 4.21. The van der Waals surface area contributed by atoms with Gasteiger partial charge in [0, 0.05) is 6.54 Å². The van der Waals surface area contributed by atoms with E-state index in [1.807, 2.05) is 11.6 Å². The van der Waals surface area contributed by atoms with Crippen LogP contribution in [0.2, 0.25) is 5.02 Å². The van der Waals surface area contributed by atoms with Gasteiger partial charge < -0.3 is 5.73 Å². The summed E-state index contributed by atoms with van der Waals surface area (Å²) in [5.41, 5.74) is 9.71. The van der Waals surface area contributed by atoms with Crippen molar-refractivity contribution in [2.45, 2.75) is 45.7 Å². The minimum atomic E-state index is -0.251. The average molecular weight is 292 g/mol. The molecule has 4 heteroatoms. The molecule has 0 radical (unpaired) electrons. The van der Waals surface area contributed by atoms with E-state index in [0.717, 1.165) is 17.8 Å². The number of benzene rings is 1. The van der Waals surface area contributed by atoms with E-state index in [9.17, 15) is 0 Å². The van der Waals surface area contributed by atoms with Crippen molar-refractivity contribution in [3.63, 3.8) is 0 Å². The fraction of sp³-hybridized carbons (Fsp3) is 0.438. The Hall–Kier alpha value is -1.32. The number of nitrogens with zero attached hydrogens (tertiary/aromatic N) is 2. The summed E-state index contributed by atoms with van der Waals surface area (Å²) in [6, 6.07) is 8.17. The molecule has 0 saturated carbocycles. The molecule has 20 heavy (non-hydrogen) atoms. The first-order valence-electron chi connectivity index (χ1n) is 6.91. The SMILES string of the molecule is CCn1ncc(Cl)c1C(N)c1ccc(C(C)(C)C)cc1. The standard InChI is InChI=1S/C16H22ClN3/c1-5-20-15(13(17)10-19-20)14(18)11-6-8-12(9-7-11)16(2,3)4/h6-10,14H,5,18H2,1-4H3. The molecule has 2 rings (SSSR count). The number of nitrogens with two attached hydrogens (primary N) is 1. The lowest BCUT2D eigenvalue weighted by Crippen LogP contribution is -2.18. The van der Waals surface area contributed by atoms with E-state index in [0.29, 0.717) is 5.02 Å². The minimum absolute atomic E-state index is 0.144. The van der Waals surface area contributed by atoms with Gasteiger partial charge in [-0.1, -0.05) is 56.6 Å². The van der Waals surface area contributed by atoms with Crippen LogP contribution in [-0.2, 0) is 12.0 Å². The summed E-state index contributed by atoms with van der Waals surface area (Å²) in [5, 5.41) is 4.87. The number of rotatable bonds is 3. The summed E-state index contributed by atoms with van der Waals surface area (Å²) in [5.74, 6) is 0. The van der Waals surface area contributed by atoms with E-state index >= 15 is 0 Å². The lowest BCUT2D eigenvalue weighted by Gasteiger charge is -2.20. The van der Waals surface area contributed by atoms with Gasteiger partial charge in [-0.05, 0) is 23.5 Å². The number of aryl methyl sites for hydroxylation is 1. The molecule has 0 bridgehead atoms. The summed E-state index contributed by atoms with van der Waals surface area (Å²) in [6.07, 6.45) is 1.66. The maximum Gasteiger partial charge on any atom is 0.0837 e. The Balaban J connectivity index is 2.34. The predicted octanol–water partition coefficient (Wildman–Crippen LogP) is 3.90. The first kappa shape index (κ1) is 15.1. The summed E-state index contributed by atoms with van der Waals surface area (Å²) in [6.45, 7) is 9.39. The third-order valence-corrected chi connectivity index (χ3v) is 3.85. The van der Waals surface area contributed by atoms with Crippen LogP contribution in [-0.4, -0.2) is 9.78 Å². The lowest BCUT2D eigenvalue weighted by molar-refractivity contribution is 0.587. The van der Waals surface area contributed by atoms with Crippen LogP contribution < -0.4 is 5.73 Å². The highest BCUT2D eigenvalue weighted by Gasteiger charge is 2.19. The van der Waals surface area contributed by atoms with Crippen LogP contribution >= 0.6 is 11.6 Å². The molecule has 3 nitrogen and oxygen atoms in total. The first-order valence-corrected chi connectivity index (χ1v) is 7.29. The van der Waals surface area contributed by atoms with Gasteiger partial charge in [-0.15, -0.1) is 0 Å². The topological polar surface area (TPSA) is 43.8 Å². The van der Waals surface area contributed by atoms with Crippen LogP contribution in [0.15, 0.2) is 30.5 Å². The Labute approximate surface area is 125 Å². The zero-order valence-electron chi connectivity index (χ0n) is 12.5. The van der Waals surface area contributed by atoms with Crippen LogP contribution in [0.3, 0.4) is 0 Å². The highest BCUT2D eigenvalue weighted by atomic mass is 35.5.